The SMILES string of the molecule is CCC(CBr)(Cc1ccn(C(C)C)n1)c1ccccc1. The van der Waals surface area contributed by atoms with Crippen LogP contribution in [0, 0.1) is 0 Å². The Labute approximate surface area is 130 Å². The fraction of sp³-hybridized carbons (Fsp3) is 0.471. The molecule has 2 aromatic rings. The summed E-state index contributed by atoms with van der Waals surface area (Å²) in [6, 6.07) is 13.3. The molecule has 0 aliphatic carbocycles. The van der Waals surface area contributed by atoms with Crippen molar-refractivity contribution in [1.29, 1.82) is 0 Å². The molecule has 0 fully saturated rings. The average Bonchev–Trinajstić information content (AvgIpc) is 2.94. The number of benzene rings is 1. The highest BCUT2D eigenvalue weighted by Gasteiger charge is 2.30. The minimum atomic E-state index is 0.122. The van der Waals surface area contributed by atoms with E-state index < -0.39 is 0 Å². The summed E-state index contributed by atoms with van der Waals surface area (Å²) in [5.41, 5.74) is 2.68. The van der Waals surface area contributed by atoms with Crippen molar-refractivity contribution in [3.8, 4) is 0 Å². The molecule has 0 radical (unpaired) electrons. The molecule has 20 heavy (non-hydrogen) atoms. The van der Waals surface area contributed by atoms with Crippen LogP contribution in [0.15, 0.2) is 42.6 Å². The van der Waals surface area contributed by atoms with E-state index in [4.69, 9.17) is 5.10 Å². The molecule has 1 aromatic carbocycles. The largest absolute Gasteiger partial charge is 0.270 e. The van der Waals surface area contributed by atoms with E-state index in [1.807, 2.05) is 4.68 Å². The molecule has 0 saturated heterocycles. The Balaban J connectivity index is 2.29. The molecule has 0 spiro atoms. The molecule has 2 nitrogen and oxygen atoms in total. The van der Waals surface area contributed by atoms with Crippen molar-refractivity contribution < 1.29 is 0 Å². The van der Waals surface area contributed by atoms with Gasteiger partial charge in [-0.25, -0.2) is 0 Å². The number of aromatic nitrogens is 2. The van der Waals surface area contributed by atoms with Crippen molar-refractivity contribution in [3.05, 3.63) is 53.9 Å². The normalized spacial score (nSPS) is 14.4. The van der Waals surface area contributed by atoms with Gasteiger partial charge in [0.1, 0.15) is 0 Å². The van der Waals surface area contributed by atoms with Crippen LogP contribution in [-0.2, 0) is 11.8 Å². The van der Waals surface area contributed by atoms with E-state index in [1.54, 1.807) is 0 Å². The predicted octanol–water partition coefficient (Wildman–Crippen LogP) is 4.75. The minimum absolute atomic E-state index is 0.122. The molecule has 1 unspecified atom stereocenters. The summed E-state index contributed by atoms with van der Waals surface area (Å²) in [7, 11) is 0. The average molecular weight is 335 g/mol. The summed E-state index contributed by atoms with van der Waals surface area (Å²) in [5.74, 6) is 0. The lowest BCUT2D eigenvalue weighted by atomic mass is 9.76. The third-order valence-electron chi connectivity index (χ3n) is 4.03. The Morgan fingerprint density at radius 1 is 1.20 bits per heavy atom. The van der Waals surface area contributed by atoms with Crippen LogP contribution in [0.4, 0.5) is 0 Å². The van der Waals surface area contributed by atoms with Gasteiger partial charge >= 0.3 is 0 Å². The molecule has 0 bridgehead atoms. The fourth-order valence-electron chi connectivity index (χ4n) is 2.55. The molecule has 3 heteroatoms. The smallest absolute Gasteiger partial charge is 0.0633 e. The maximum Gasteiger partial charge on any atom is 0.0633 e. The van der Waals surface area contributed by atoms with Gasteiger partial charge in [0.2, 0.25) is 0 Å². The number of halogens is 1. The van der Waals surface area contributed by atoms with E-state index >= 15 is 0 Å². The fourth-order valence-corrected chi connectivity index (χ4v) is 3.47. The van der Waals surface area contributed by atoms with Gasteiger partial charge in [-0.3, -0.25) is 4.68 Å². The number of nitrogens with zero attached hydrogens (tertiary/aromatic N) is 2. The highest BCUT2D eigenvalue weighted by molar-refractivity contribution is 9.09. The Morgan fingerprint density at radius 2 is 1.90 bits per heavy atom. The number of hydrogen-bond donors (Lipinski definition) is 0. The lowest BCUT2D eigenvalue weighted by Crippen LogP contribution is -2.30. The van der Waals surface area contributed by atoms with Gasteiger partial charge in [-0.15, -0.1) is 0 Å². The second-order valence-corrected chi connectivity index (χ2v) is 6.25. The maximum atomic E-state index is 4.71. The minimum Gasteiger partial charge on any atom is -0.270 e. The van der Waals surface area contributed by atoms with Crippen LogP contribution in [0.2, 0.25) is 0 Å². The molecule has 0 saturated carbocycles. The summed E-state index contributed by atoms with van der Waals surface area (Å²) in [6.45, 7) is 6.57. The lowest BCUT2D eigenvalue weighted by molar-refractivity contribution is 0.449. The third-order valence-corrected chi connectivity index (χ3v) is 5.10. The van der Waals surface area contributed by atoms with Crippen LogP contribution in [0.5, 0.6) is 0 Å². The molecular formula is C17H23BrN2. The highest BCUT2D eigenvalue weighted by Crippen LogP contribution is 2.33. The summed E-state index contributed by atoms with van der Waals surface area (Å²) in [5, 5.41) is 5.67. The zero-order valence-corrected chi connectivity index (χ0v) is 14.1. The van der Waals surface area contributed by atoms with Crippen LogP contribution >= 0.6 is 15.9 Å². The first-order valence-electron chi connectivity index (χ1n) is 7.27. The Kier molecular flexibility index (Phi) is 5.03. The van der Waals surface area contributed by atoms with Crippen LogP contribution in [0.1, 0.15) is 44.5 Å². The van der Waals surface area contributed by atoms with E-state index in [0.29, 0.717) is 6.04 Å². The topological polar surface area (TPSA) is 17.8 Å². The Morgan fingerprint density at radius 3 is 2.40 bits per heavy atom. The van der Waals surface area contributed by atoms with Crippen molar-refractivity contribution in [2.24, 2.45) is 0 Å². The molecule has 0 aliphatic rings. The maximum absolute atomic E-state index is 4.71. The first kappa shape index (κ1) is 15.3. The lowest BCUT2D eigenvalue weighted by Gasteiger charge is -2.31. The second-order valence-electron chi connectivity index (χ2n) is 5.69. The number of rotatable bonds is 6. The molecule has 1 aromatic heterocycles. The first-order valence-corrected chi connectivity index (χ1v) is 8.39. The molecular weight excluding hydrogens is 312 g/mol. The van der Waals surface area contributed by atoms with Gasteiger partial charge in [0.25, 0.3) is 0 Å². The van der Waals surface area contributed by atoms with Gasteiger partial charge in [-0.2, -0.15) is 5.10 Å². The van der Waals surface area contributed by atoms with Gasteiger partial charge < -0.3 is 0 Å². The zero-order chi connectivity index (χ0) is 14.6. The van der Waals surface area contributed by atoms with E-state index in [-0.39, 0.29) is 5.41 Å². The predicted molar refractivity (Wildman–Crippen MR) is 88.5 cm³/mol. The van der Waals surface area contributed by atoms with E-state index in [0.717, 1.165) is 18.2 Å². The molecule has 0 aliphatic heterocycles. The van der Waals surface area contributed by atoms with Crippen LogP contribution in [-0.4, -0.2) is 15.1 Å². The van der Waals surface area contributed by atoms with Crippen molar-refractivity contribution >= 4 is 15.9 Å². The summed E-state index contributed by atoms with van der Waals surface area (Å²) < 4.78 is 2.04. The molecule has 0 N–H and O–H groups in total. The van der Waals surface area contributed by atoms with Crippen molar-refractivity contribution in [1.82, 2.24) is 9.78 Å². The standard InChI is InChI=1S/C17H23BrN2/c1-4-17(13-18,15-8-6-5-7-9-15)12-16-10-11-20(19-16)14(2)3/h5-11,14H,4,12-13H2,1-3H3. The van der Waals surface area contributed by atoms with Crippen molar-refractivity contribution in [2.75, 3.05) is 5.33 Å². The molecule has 1 atom stereocenters. The van der Waals surface area contributed by atoms with Crippen LogP contribution in [0.3, 0.4) is 0 Å². The van der Waals surface area contributed by atoms with E-state index in [1.165, 1.54) is 11.3 Å². The number of hydrogen-bond acceptors (Lipinski definition) is 1. The summed E-state index contributed by atoms with van der Waals surface area (Å²) in [6.07, 6.45) is 4.15. The van der Waals surface area contributed by atoms with Gasteiger partial charge in [0.05, 0.1) is 5.69 Å². The molecule has 0 amide bonds. The Bertz CT molecular complexity index is 527. The second kappa shape index (κ2) is 6.57. The van der Waals surface area contributed by atoms with Gasteiger partial charge in [0, 0.05) is 29.4 Å². The van der Waals surface area contributed by atoms with Gasteiger partial charge in [-0.05, 0) is 31.9 Å². The summed E-state index contributed by atoms with van der Waals surface area (Å²) >= 11 is 3.73. The van der Waals surface area contributed by atoms with Crippen LogP contribution < -0.4 is 0 Å². The molecule has 1 heterocycles. The van der Waals surface area contributed by atoms with E-state index in [9.17, 15) is 0 Å². The monoisotopic (exact) mass is 334 g/mol. The quantitative estimate of drug-likeness (QED) is 0.697. The Hall–Kier alpha value is -1.09. The number of alkyl halides is 1. The van der Waals surface area contributed by atoms with Crippen molar-refractivity contribution in [3.63, 3.8) is 0 Å². The van der Waals surface area contributed by atoms with Gasteiger partial charge in [0.15, 0.2) is 0 Å². The molecule has 2 rings (SSSR count). The zero-order valence-electron chi connectivity index (χ0n) is 12.5. The summed E-state index contributed by atoms with van der Waals surface area (Å²) in [4.78, 5) is 0. The van der Waals surface area contributed by atoms with Crippen molar-refractivity contribution in [2.45, 2.75) is 45.1 Å². The molecule has 108 valence electrons. The third kappa shape index (κ3) is 3.14. The van der Waals surface area contributed by atoms with E-state index in [2.05, 4.69) is 79.3 Å². The first-order chi connectivity index (χ1) is 9.61. The highest BCUT2D eigenvalue weighted by atomic mass is 79.9. The van der Waals surface area contributed by atoms with Gasteiger partial charge in [-0.1, -0.05) is 53.2 Å². The van der Waals surface area contributed by atoms with Crippen LogP contribution in [0.25, 0.3) is 0 Å².